The fourth-order valence-corrected chi connectivity index (χ4v) is 2.12. The van der Waals surface area contributed by atoms with Gasteiger partial charge in [0, 0.05) is 8.95 Å². The molecule has 8 heteroatoms. The Bertz CT molecular complexity index is 410. The summed E-state index contributed by atoms with van der Waals surface area (Å²) in [5, 5.41) is 1.44. The first-order valence-corrected chi connectivity index (χ1v) is 5.33. The second kappa shape index (κ2) is 4.70. The second-order valence-corrected chi connectivity index (χ2v) is 4.47. The normalized spacial score (nSPS) is 11.4. The lowest BCUT2D eigenvalue weighted by atomic mass is 10.3. The van der Waals surface area contributed by atoms with E-state index in [0.29, 0.717) is 4.47 Å². The number of benzene rings is 1. The molecular formula is C8H3Br2F4NO. The minimum Gasteiger partial charge on any atom is -0.315 e. The van der Waals surface area contributed by atoms with Gasteiger partial charge >= 0.3 is 12.1 Å². The summed E-state index contributed by atoms with van der Waals surface area (Å²) in [6.45, 7) is 0. The Hall–Kier alpha value is -0.630. The standard InChI is InChI=1S/C8H3Br2F4NO/c9-3-1-4(10)6(5(11)2-3)15-7(16)8(12,13)14/h1-2H,(H,15,16). The molecule has 0 saturated carbocycles. The molecule has 0 unspecified atom stereocenters. The molecule has 0 heterocycles. The van der Waals surface area contributed by atoms with Crippen molar-refractivity contribution in [2.75, 3.05) is 5.32 Å². The third-order valence-corrected chi connectivity index (χ3v) is 2.59. The fourth-order valence-electron chi connectivity index (χ4n) is 0.846. The largest absolute Gasteiger partial charge is 0.471 e. The fraction of sp³-hybridized carbons (Fsp3) is 0.125. The van der Waals surface area contributed by atoms with Gasteiger partial charge in [-0.1, -0.05) is 15.9 Å². The minimum atomic E-state index is -5.06. The molecule has 1 N–H and O–H groups in total. The highest BCUT2D eigenvalue weighted by Crippen LogP contribution is 2.30. The van der Waals surface area contributed by atoms with Gasteiger partial charge in [-0.25, -0.2) is 4.39 Å². The van der Waals surface area contributed by atoms with Gasteiger partial charge < -0.3 is 5.32 Å². The van der Waals surface area contributed by atoms with Gasteiger partial charge in [0.25, 0.3) is 0 Å². The molecule has 0 aliphatic carbocycles. The summed E-state index contributed by atoms with van der Waals surface area (Å²) in [5.74, 6) is -3.20. The zero-order chi connectivity index (χ0) is 12.5. The van der Waals surface area contributed by atoms with Gasteiger partial charge in [0.05, 0.1) is 5.69 Å². The molecule has 0 aromatic heterocycles. The van der Waals surface area contributed by atoms with Crippen molar-refractivity contribution in [2.24, 2.45) is 0 Å². The number of nitrogens with one attached hydrogen (secondary N) is 1. The van der Waals surface area contributed by atoms with Crippen LogP contribution in [0.15, 0.2) is 21.1 Å². The Kier molecular flexibility index (Phi) is 3.95. The van der Waals surface area contributed by atoms with E-state index in [4.69, 9.17) is 0 Å². The van der Waals surface area contributed by atoms with E-state index >= 15 is 0 Å². The number of hydrogen-bond acceptors (Lipinski definition) is 1. The first-order chi connectivity index (χ1) is 7.21. The molecule has 0 spiro atoms. The molecular weight excluding hydrogens is 362 g/mol. The molecule has 1 aromatic carbocycles. The van der Waals surface area contributed by atoms with Crippen LogP contribution in [0.5, 0.6) is 0 Å². The summed E-state index contributed by atoms with van der Waals surface area (Å²) >= 11 is 5.79. The predicted molar refractivity (Wildman–Crippen MR) is 56.5 cm³/mol. The lowest BCUT2D eigenvalue weighted by Gasteiger charge is -2.10. The third kappa shape index (κ3) is 3.18. The SMILES string of the molecule is O=C(Nc1c(F)cc(Br)cc1Br)C(F)(F)F. The van der Waals surface area contributed by atoms with Gasteiger partial charge in [0.15, 0.2) is 0 Å². The highest BCUT2D eigenvalue weighted by Gasteiger charge is 2.39. The topological polar surface area (TPSA) is 29.1 Å². The monoisotopic (exact) mass is 363 g/mol. The zero-order valence-corrected chi connectivity index (χ0v) is 10.5. The van der Waals surface area contributed by atoms with Gasteiger partial charge in [-0.2, -0.15) is 13.2 Å². The summed E-state index contributed by atoms with van der Waals surface area (Å²) in [7, 11) is 0. The molecule has 2 nitrogen and oxygen atoms in total. The Morgan fingerprint density at radius 3 is 2.25 bits per heavy atom. The van der Waals surface area contributed by atoms with Crippen molar-refractivity contribution in [1.82, 2.24) is 0 Å². The summed E-state index contributed by atoms with van der Waals surface area (Å²) in [6, 6.07) is 2.26. The van der Waals surface area contributed by atoms with E-state index in [0.717, 1.165) is 6.07 Å². The van der Waals surface area contributed by atoms with Crippen LogP contribution >= 0.6 is 31.9 Å². The summed E-state index contributed by atoms with van der Waals surface area (Å²) in [6.07, 6.45) is -5.06. The minimum absolute atomic E-state index is 0.0111. The molecule has 0 aliphatic rings. The third-order valence-electron chi connectivity index (χ3n) is 1.50. The van der Waals surface area contributed by atoms with Crippen LogP contribution in [0.2, 0.25) is 0 Å². The van der Waals surface area contributed by atoms with E-state index in [1.807, 2.05) is 0 Å². The quantitative estimate of drug-likeness (QED) is 0.753. The van der Waals surface area contributed by atoms with E-state index in [-0.39, 0.29) is 4.47 Å². The van der Waals surface area contributed by atoms with Crippen LogP contribution in [0.3, 0.4) is 0 Å². The van der Waals surface area contributed by atoms with Crippen molar-refractivity contribution in [3.63, 3.8) is 0 Å². The lowest BCUT2D eigenvalue weighted by Crippen LogP contribution is -2.30. The van der Waals surface area contributed by atoms with Crippen molar-refractivity contribution in [1.29, 1.82) is 0 Å². The van der Waals surface area contributed by atoms with Gasteiger partial charge in [-0.3, -0.25) is 4.79 Å². The lowest BCUT2D eigenvalue weighted by molar-refractivity contribution is -0.167. The maximum atomic E-state index is 13.2. The Balaban J connectivity index is 3.03. The van der Waals surface area contributed by atoms with Crippen LogP contribution in [-0.4, -0.2) is 12.1 Å². The molecule has 1 rings (SSSR count). The molecule has 0 fully saturated rings. The number of hydrogen-bond donors (Lipinski definition) is 1. The van der Waals surface area contributed by atoms with Crippen LogP contribution in [0, 0.1) is 5.82 Å². The molecule has 0 saturated heterocycles. The van der Waals surface area contributed by atoms with Crippen molar-refractivity contribution >= 4 is 43.5 Å². The van der Waals surface area contributed by atoms with Crippen molar-refractivity contribution in [2.45, 2.75) is 6.18 Å². The highest BCUT2D eigenvalue weighted by atomic mass is 79.9. The van der Waals surface area contributed by atoms with E-state index in [9.17, 15) is 22.4 Å². The summed E-state index contributed by atoms with van der Waals surface area (Å²) in [4.78, 5) is 10.6. The smallest absolute Gasteiger partial charge is 0.315 e. The molecule has 1 aromatic rings. The van der Waals surface area contributed by atoms with E-state index in [1.54, 1.807) is 0 Å². The van der Waals surface area contributed by atoms with Crippen molar-refractivity contribution in [3.8, 4) is 0 Å². The average molecular weight is 365 g/mol. The number of halogens is 6. The number of carbonyl (C=O) groups excluding carboxylic acids is 1. The number of carbonyl (C=O) groups is 1. The van der Waals surface area contributed by atoms with Crippen molar-refractivity contribution < 1.29 is 22.4 Å². The van der Waals surface area contributed by atoms with E-state index < -0.39 is 23.6 Å². The number of amides is 1. The molecule has 0 radical (unpaired) electrons. The maximum Gasteiger partial charge on any atom is 0.471 e. The van der Waals surface area contributed by atoms with Crippen LogP contribution in [0.25, 0.3) is 0 Å². The van der Waals surface area contributed by atoms with Crippen LogP contribution in [0.1, 0.15) is 0 Å². The van der Waals surface area contributed by atoms with E-state index in [1.165, 1.54) is 11.4 Å². The number of anilines is 1. The maximum absolute atomic E-state index is 13.2. The molecule has 16 heavy (non-hydrogen) atoms. The first-order valence-electron chi connectivity index (χ1n) is 3.74. The van der Waals surface area contributed by atoms with Crippen LogP contribution < -0.4 is 5.32 Å². The van der Waals surface area contributed by atoms with Gasteiger partial charge in [-0.15, -0.1) is 0 Å². The summed E-state index contributed by atoms with van der Waals surface area (Å²) < 4.78 is 49.3. The molecule has 1 amide bonds. The zero-order valence-electron chi connectivity index (χ0n) is 7.33. The molecule has 0 atom stereocenters. The van der Waals surface area contributed by atoms with Crippen LogP contribution in [-0.2, 0) is 4.79 Å². The van der Waals surface area contributed by atoms with Gasteiger partial charge in [-0.05, 0) is 28.1 Å². The average Bonchev–Trinajstić information content (AvgIpc) is 2.08. The second-order valence-electron chi connectivity index (χ2n) is 2.70. The highest BCUT2D eigenvalue weighted by molar-refractivity contribution is 9.11. The van der Waals surface area contributed by atoms with E-state index in [2.05, 4.69) is 31.9 Å². The van der Waals surface area contributed by atoms with Crippen molar-refractivity contribution in [3.05, 3.63) is 26.9 Å². The summed E-state index contributed by atoms with van der Waals surface area (Å²) in [5.41, 5.74) is -0.550. The Morgan fingerprint density at radius 1 is 1.25 bits per heavy atom. The molecule has 88 valence electrons. The van der Waals surface area contributed by atoms with Crippen LogP contribution in [0.4, 0.5) is 23.2 Å². The first kappa shape index (κ1) is 13.4. The Labute approximate surface area is 104 Å². The number of rotatable bonds is 1. The number of alkyl halides is 3. The van der Waals surface area contributed by atoms with Gasteiger partial charge in [0.1, 0.15) is 5.82 Å². The predicted octanol–water partition coefficient (Wildman–Crippen LogP) is 3.85. The molecule has 0 bridgehead atoms. The molecule has 0 aliphatic heterocycles. The van der Waals surface area contributed by atoms with Gasteiger partial charge in [0.2, 0.25) is 0 Å². The Morgan fingerprint density at radius 2 is 1.81 bits per heavy atom.